The fourth-order valence-corrected chi connectivity index (χ4v) is 2.10. The molecule has 0 aliphatic heterocycles. The van der Waals surface area contributed by atoms with Crippen LogP contribution in [0.25, 0.3) is 0 Å². The molecule has 0 bridgehead atoms. The van der Waals surface area contributed by atoms with E-state index in [1.54, 1.807) is 0 Å². The average molecular weight is 245 g/mol. The van der Waals surface area contributed by atoms with Crippen molar-refractivity contribution < 1.29 is 18.9 Å². The third-order valence-electron chi connectivity index (χ3n) is 3.11. The minimum absolute atomic E-state index is 0. The maximum absolute atomic E-state index is 3.32. The quantitative estimate of drug-likeness (QED) is 0.557. The van der Waals surface area contributed by atoms with Crippen molar-refractivity contribution in [2.75, 3.05) is 6.54 Å². The zero-order chi connectivity index (χ0) is 12.8. The van der Waals surface area contributed by atoms with Gasteiger partial charge in [-0.3, -0.25) is 4.90 Å². The number of benzene rings is 2. The van der Waals surface area contributed by atoms with E-state index in [9.17, 15) is 0 Å². The molecular formula is C17H20LiN. The van der Waals surface area contributed by atoms with Crippen LogP contribution in [0.2, 0.25) is 0 Å². The summed E-state index contributed by atoms with van der Waals surface area (Å²) in [5, 5.41) is 0. The summed E-state index contributed by atoms with van der Waals surface area (Å²) in [6.07, 6.45) is 0. The van der Waals surface area contributed by atoms with E-state index in [0.29, 0.717) is 0 Å². The Labute approximate surface area is 128 Å². The molecule has 2 heteroatoms. The van der Waals surface area contributed by atoms with E-state index in [1.165, 1.54) is 16.7 Å². The molecule has 0 aliphatic carbocycles. The predicted molar refractivity (Wildman–Crippen MR) is 76.2 cm³/mol. The molecule has 0 N–H and O–H groups in total. The molecular weight excluding hydrogens is 225 g/mol. The largest absolute Gasteiger partial charge is 1.00 e. The van der Waals surface area contributed by atoms with Crippen LogP contribution in [-0.2, 0) is 13.1 Å². The summed E-state index contributed by atoms with van der Waals surface area (Å²) in [6, 6.07) is 20.3. The maximum Gasteiger partial charge on any atom is 1.00 e. The monoisotopic (exact) mass is 245 g/mol. The first-order valence-corrected chi connectivity index (χ1v) is 6.51. The van der Waals surface area contributed by atoms with E-state index < -0.39 is 0 Å². The molecule has 2 rings (SSSR count). The Kier molecular flexibility index (Phi) is 6.95. The van der Waals surface area contributed by atoms with Crippen molar-refractivity contribution >= 4 is 0 Å². The number of hydrogen-bond acceptors (Lipinski definition) is 1. The molecule has 2 aromatic rings. The van der Waals surface area contributed by atoms with Gasteiger partial charge in [-0.25, -0.2) is 0 Å². The van der Waals surface area contributed by atoms with Crippen LogP contribution < -0.4 is 18.9 Å². The Morgan fingerprint density at radius 3 is 2.42 bits per heavy atom. The third kappa shape index (κ3) is 5.25. The standard InChI is InChI=1S/C17H20N.Li/c1-3-18(13-16-9-5-4-6-10-16)14-17-11-7-8-15(2)12-17;/h4-10,12H,3,13-14H2,1-2H3;/q-1;+1. The van der Waals surface area contributed by atoms with E-state index >= 15 is 0 Å². The number of rotatable bonds is 5. The van der Waals surface area contributed by atoms with E-state index in [1.807, 2.05) is 6.07 Å². The Morgan fingerprint density at radius 1 is 1.05 bits per heavy atom. The Balaban J connectivity index is 0.00000180. The van der Waals surface area contributed by atoms with Gasteiger partial charge in [0.1, 0.15) is 0 Å². The average Bonchev–Trinajstić information content (AvgIpc) is 2.39. The van der Waals surface area contributed by atoms with Gasteiger partial charge in [-0.05, 0) is 12.1 Å². The first-order valence-electron chi connectivity index (χ1n) is 6.51. The van der Waals surface area contributed by atoms with Crippen LogP contribution in [0.15, 0.2) is 48.5 Å². The number of hydrogen-bond donors (Lipinski definition) is 0. The van der Waals surface area contributed by atoms with Gasteiger partial charge in [0.15, 0.2) is 0 Å². The fourth-order valence-electron chi connectivity index (χ4n) is 2.10. The van der Waals surface area contributed by atoms with Crippen LogP contribution in [-0.4, -0.2) is 11.4 Å². The Bertz CT molecular complexity index is 482. The van der Waals surface area contributed by atoms with Gasteiger partial charge >= 0.3 is 18.9 Å². The minimum atomic E-state index is 0. The van der Waals surface area contributed by atoms with Crippen molar-refractivity contribution in [3.05, 3.63) is 71.3 Å². The topological polar surface area (TPSA) is 3.24 Å². The van der Waals surface area contributed by atoms with Crippen molar-refractivity contribution in [1.29, 1.82) is 0 Å². The second-order valence-corrected chi connectivity index (χ2v) is 4.68. The third-order valence-corrected chi connectivity index (χ3v) is 3.11. The smallest absolute Gasteiger partial charge is 0.297 e. The van der Waals surface area contributed by atoms with E-state index in [4.69, 9.17) is 0 Å². The minimum Gasteiger partial charge on any atom is -0.297 e. The molecule has 0 spiro atoms. The summed E-state index contributed by atoms with van der Waals surface area (Å²) >= 11 is 0. The van der Waals surface area contributed by atoms with Crippen LogP contribution in [0.4, 0.5) is 0 Å². The van der Waals surface area contributed by atoms with Crippen molar-refractivity contribution in [2.24, 2.45) is 0 Å². The first-order chi connectivity index (χ1) is 8.78. The van der Waals surface area contributed by atoms with Gasteiger partial charge in [0.2, 0.25) is 0 Å². The van der Waals surface area contributed by atoms with Gasteiger partial charge in [-0.1, -0.05) is 44.2 Å². The van der Waals surface area contributed by atoms with Gasteiger partial charge in [0, 0.05) is 13.1 Å². The van der Waals surface area contributed by atoms with Crippen molar-refractivity contribution in [1.82, 2.24) is 4.90 Å². The summed E-state index contributed by atoms with van der Waals surface area (Å²) in [4.78, 5) is 2.43. The van der Waals surface area contributed by atoms with E-state index in [2.05, 4.69) is 67.3 Å². The molecule has 0 radical (unpaired) electrons. The summed E-state index contributed by atoms with van der Waals surface area (Å²) in [6.45, 7) is 7.35. The van der Waals surface area contributed by atoms with Crippen LogP contribution >= 0.6 is 0 Å². The second kappa shape index (κ2) is 8.22. The predicted octanol–water partition coefficient (Wildman–Crippen LogP) is 0.821. The van der Waals surface area contributed by atoms with Gasteiger partial charge in [-0.15, -0.1) is 5.56 Å². The summed E-state index contributed by atoms with van der Waals surface area (Å²) in [7, 11) is 0. The Morgan fingerprint density at radius 2 is 1.79 bits per heavy atom. The van der Waals surface area contributed by atoms with Crippen molar-refractivity contribution in [3.63, 3.8) is 0 Å². The van der Waals surface area contributed by atoms with Crippen molar-refractivity contribution in [3.8, 4) is 0 Å². The molecule has 0 fully saturated rings. The summed E-state index contributed by atoms with van der Waals surface area (Å²) in [5.41, 5.74) is 3.94. The molecule has 1 nitrogen and oxygen atoms in total. The molecule has 0 aliphatic rings. The SMILES string of the molecule is CCN(Cc1[c-]ccc(C)c1)Cc1ccccc1.[Li+]. The first kappa shape index (κ1) is 16.1. The summed E-state index contributed by atoms with van der Waals surface area (Å²) < 4.78 is 0. The number of aryl methyl sites for hydroxylation is 1. The number of nitrogens with zero attached hydrogens (tertiary/aromatic N) is 1. The molecule has 0 amide bonds. The molecule has 2 aromatic carbocycles. The molecule has 0 saturated carbocycles. The molecule has 94 valence electrons. The van der Waals surface area contributed by atoms with E-state index in [0.717, 1.165) is 19.6 Å². The zero-order valence-corrected chi connectivity index (χ0v) is 12.2. The van der Waals surface area contributed by atoms with Gasteiger partial charge in [-0.2, -0.15) is 29.8 Å². The molecule has 0 aromatic heterocycles. The van der Waals surface area contributed by atoms with Gasteiger partial charge in [0.25, 0.3) is 0 Å². The van der Waals surface area contributed by atoms with E-state index in [-0.39, 0.29) is 18.9 Å². The molecule has 0 atom stereocenters. The maximum atomic E-state index is 3.32. The van der Waals surface area contributed by atoms with Gasteiger partial charge in [0.05, 0.1) is 0 Å². The van der Waals surface area contributed by atoms with Gasteiger partial charge < -0.3 is 0 Å². The normalized spacial score (nSPS) is 10.3. The Hall–Kier alpha value is -1.00. The van der Waals surface area contributed by atoms with Crippen LogP contribution in [0.1, 0.15) is 23.6 Å². The van der Waals surface area contributed by atoms with Crippen molar-refractivity contribution in [2.45, 2.75) is 26.9 Å². The second-order valence-electron chi connectivity index (χ2n) is 4.68. The molecule has 0 saturated heterocycles. The van der Waals surface area contributed by atoms with Crippen LogP contribution in [0, 0.1) is 13.0 Å². The molecule has 0 unspecified atom stereocenters. The van der Waals surface area contributed by atoms with Crippen LogP contribution in [0.3, 0.4) is 0 Å². The summed E-state index contributed by atoms with van der Waals surface area (Å²) in [5.74, 6) is 0. The molecule has 0 heterocycles. The van der Waals surface area contributed by atoms with Crippen LogP contribution in [0.5, 0.6) is 0 Å². The molecule has 19 heavy (non-hydrogen) atoms. The fraction of sp³-hybridized carbons (Fsp3) is 0.294. The zero-order valence-electron chi connectivity index (χ0n) is 12.2.